The Bertz CT molecular complexity index is 306. The van der Waals surface area contributed by atoms with Crippen LogP contribution in [0.4, 0.5) is 0 Å². The van der Waals surface area contributed by atoms with E-state index in [4.69, 9.17) is 4.42 Å². The summed E-state index contributed by atoms with van der Waals surface area (Å²) in [5.41, 5.74) is 0.904. The Morgan fingerprint density at radius 3 is 3.42 bits per heavy atom. The molecule has 0 fully saturated rings. The van der Waals surface area contributed by atoms with Crippen LogP contribution in [0, 0.1) is 0 Å². The van der Waals surface area contributed by atoms with Gasteiger partial charge in [0.15, 0.2) is 6.39 Å². The number of aromatic nitrogens is 1. The van der Waals surface area contributed by atoms with Crippen molar-refractivity contribution in [3.8, 4) is 0 Å². The van der Waals surface area contributed by atoms with Crippen molar-refractivity contribution in [1.29, 1.82) is 0 Å². The molecule has 0 saturated heterocycles. The highest BCUT2D eigenvalue weighted by molar-refractivity contribution is 5.83. The monoisotopic (exact) mass is 166 g/mol. The molecule has 12 heavy (non-hydrogen) atoms. The molecule has 1 amide bonds. The Labute approximate surface area is 70.0 Å². The third-order valence-corrected chi connectivity index (χ3v) is 2.12. The summed E-state index contributed by atoms with van der Waals surface area (Å²) in [5.74, 6) is 0.528. The molecule has 4 nitrogen and oxygen atoms in total. The fourth-order valence-corrected chi connectivity index (χ4v) is 1.39. The Hall–Kier alpha value is -1.32. The summed E-state index contributed by atoms with van der Waals surface area (Å²) in [5, 5.41) is 2.79. The van der Waals surface area contributed by atoms with Gasteiger partial charge in [-0.15, -0.1) is 0 Å². The molecule has 0 bridgehead atoms. The highest BCUT2D eigenvalue weighted by Gasteiger charge is 2.25. The average molecular weight is 166 g/mol. The van der Waals surface area contributed by atoms with Gasteiger partial charge in [0.1, 0.15) is 5.76 Å². The SMILES string of the molecule is CC1C(=O)NCCc2ncoc21. The quantitative estimate of drug-likeness (QED) is 0.608. The first-order valence-electron chi connectivity index (χ1n) is 3.99. The van der Waals surface area contributed by atoms with Crippen molar-refractivity contribution in [2.45, 2.75) is 19.3 Å². The predicted octanol–water partition coefficient (Wildman–Crippen LogP) is 0.450. The van der Waals surface area contributed by atoms with E-state index in [2.05, 4.69) is 10.3 Å². The molecule has 0 saturated carbocycles. The Morgan fingerprint density at radius 1 is 1.75 bits per heavy atom. The number of nitrogens with one attached hydrogen (secondary N) is 1. The fourth-order valence-electron chi connectivity index (χ4n) is 1.39. The number of oxazole rings is 1. The number of fused-ring (bicyclic) bond motifs is 1. The van der Waals surface area contributed by atoms with Crippen LogP contribution >= 0.6 is 0 Å². The fraction of sp³-hybridized carbons (Fsp3) is 0.500. The van der Waals surface area contributed by atoms with Crippen molar-refractivity contribution in [1.82, 2.24) is 10.3 Å². The van der Waals surface area contributed by atoms with Crippen molar-refractivity contribution in [2.75, 3.05) is 6.54 Å². The number of nitrogens with zero attached hydrogens (tertiary/aromatic N) is 1. The molecule has 1 atom stereocenters. The minimum absolute atomic E-state index is 0.0190. The molecule has 0 spiro atoms. The van der Waals surface area contributed by atoms with E-state index in [1.54, 1.807) is 0 Å². The lowest BCUT2D eigenvalue weighted by atomic mass is 10.1. The van der Waals surface area contributed by atoms with Gasteiger partial charge in [0, 0.05) is 13.0 Å². The second-order valence-corrected chi connectivity index (χ2v) is 2.93. The number of carbonyl (C=O) groups excluding carboxylic acids is 1. The Balaban J connectivity index is 2.41. The summed E-state index contributed by atoms with van der Waals surface area (Å²) in [7, 11) is 0. The Kier molecular flexibility index (Phi) is 1.60. The molecular weight excluding hydrogens is 156 g/mol. The molecule has 1 aromatic rings. The highest BCUT2D eigenvalue weighted by atomic mass is 16.3. The smallest absolute Gasteiger partial charge is 0.230 e. The summed E-state index contributed by atoms with van der Waals surface area (Å²) in [6, 6.07) is 0. The van der Waals surface area contributed by atoms with E-state index >= 15 is 0 Å². The maximum Gasteiger partial charge on any atom is 0.230 e. The van der Waals surface area contributed by atoms with Crippen LogP contribution in [-0.4, -0.2) is 17.4 Å². The van der Waals surface area contributed by atoms with E-state index in [-0.39, 0.29) is 11.8 Å². The van der Waals surface area contributed by atoms with Crippen molar-refractivity contribution in [3.05, 3.63) is 17.8 Å². The van der Waals surface area contributed by atoms with E-state index in [0.717, 1.165) is 12.1 Å². The van der Waals surface area contributed by atoms with Crippen LogP contribution in [0.2, 0.25) is 0 Å². The zero-order valence-corrected chi connectivity index (χ0v) is 6.83. The molecule has 1 aromatic heterocycles. The number of carbonyl (C=O) groups is 1. The lowest BCUT2D eigenvalue weighted by Crippen LogP contribution is -2.26. The number of hydrogen-bond acceptors (Lipinski definition) is 3. The molecular formula is C8H10N2O2. The van der Waals surface area contributed by atoms with Crippen LogP contribution in [-0.2, 0) is 11.2 Å². The highest BCUT2D eigenvalue weighted by Crippen LogP contribution is 2.21. The lowest BCUT2D eigenvalue weighted by molar-refractivity contribution is -0.122. The first-order chi connectivity index (χ1) is 5.79. The zero-order valence-electron chi connectivity index (χ0n) is 6.83. The molecule has 4 heteroatoms. The molecule has 0 aromatic carbocycles. The van der Waals surface area contributed by atoms with Crippen LogP contribution in [0.5, 0.6) is 0 Å². The largest absolute Gasteiger partial charge is 0.447 e. The number of amides is 1. The Morgan fingerprint density at radius 2 is 2.58 bits per heavy atom. The van der Waals surface area contributed by atoms with Gasteiger partial charge < -0.3 is 9.73 Å². The van der Waals surface area contributed by atoms with Crippen LogP contribution in [0.25, 0.3) is 0 Å². The van der Waals surface area contributed by atoms with E-state index < -0.39 is 0 Å². The van der Waals surface area contributed by atoms with Crippen molar-refractivity contribution in [2.24, 2.45) is 0 Å². The second-order valence-electron chi connectivity index (χ2n) is 2.93. The minimum Gasteiger partial charge on any atom is -0.447 e. The molecule has 1 N–H and O–H groups in total. The molecule has 0 radical (unpaired) electrons. The first kappa shape index (κ1) is 7.34. The van der Waals surface area contributed by atoms with Gasteiger partial charge in [-0.25, -0.2) is 4.98 Å². The van der Waals surface area contributed by atoms with Crippen LogP contribution < -0.4 is 5.32 Å². The van der Waals surface area contributed by atoms with Gasteiger partial charge in [-0.05, 0) is 6.92 Å². The molecule has 0 aliphatic carbocycles. The van der Waals surface area contributed by atoms with Crippen LogP contribution in [0.1, 0.15) is 24.3 Å². The summed E-state index contributed by atoms with van der Waals surface area (Å²) in [6.45, 7) is 2.48. The first-order valence-corrected chi connectivity index (χ1v) is 3.99. The molecule has 2 rings (SSSR count). The van der Waals surface area contributed by atoms with Crippen molar-refractivity contribution < 1.29 is 9.21 Å². The van der Waals surface area contributed by atoms with Gasteiger partial charge in [-0.1, -0.05) is 0 Å². The minimum atomic E-state index is -0.204. The summed E-state index contributed by atoms with van der Waals surface area (Å²) < 4.78 is 5.15. The topological polar surface area (TPSA) is 55.1 Å². The van der Waals surface area contributed by atoms with Gasteiger partial charge in [0.25, 0.3) is 0 Å². The molecule has 64 valence electrons. The predicted molar refractivity (Wildman–Crippen MR) is 41.6 cm³/mol. The third-order valence-electron chi connectivity index (χ3n) is 2.12. The summed E-state index contributed by atoms with van der Waals surface area (Å²) in [4.78, 5) is 15.3. The maximum atomic E-state index is 11.3. The van der Waals surface area contributed by atoms with Crippen molar-refractivity contribution >= 4 is 5.91 Å². The zero-order chi connectivity index (χ0) is 8.55. The van der Waals surface area contributed by atoms with Gasteiger partial charge in [-0.2, -0.15) is 0 Å². The number of rotatable bonds is 0. The molecule has 1 unspecified atom stereocenters. The van der Waals surface area contributed by atoms with E-state index in [1.165, 1.54) is 6.39 Å². The normalized spacial score (nSPS) is 22.8. The standard InChI is InChI=1S/C8H10N2O2/c1-5-7-6(10-4-12-7)2-3-9-8(5)11/h4-5H,2-3H2,1H3,(H,9,11). The third kappa shape index (κ3) is 0.995. The molecule has 1 aliphatic heterocycles. The lowest BCUT2D eigenvalue weighted by Gasteiger charge is -2.03. The second kappa shape index (κ2) is 2.62. The van der Waals surface area contributed by atoms with Gasteiger partial charge in [-0.3, -0.25) is 4.79 Å². The molecule has 2 heterocycles. The van der Waals surface area contributed by atoms with Crippen LogP contribution in [0.3, 0.4) is 0 Å². The summed E-state index contributed by atoms with van der Waals surface area (Å²) in [6.07, 6.45) is 2.17. The molecule has 1 aliphatic rings. The van der Waals surface area contributed by atoms with Crippen molar-refractivity contribution in [3.63, 3.8) is 0 Å². The van der Waals surface area contributed by atoms with E-state index in [0.29, 0.717) is 12.3 Å². The van der Waals surface area contributed by atoms with Crippen LogP contribution in [0.15, 0.2) is 10.8 Å². The van der Waals surface area contributed by atoms with Gasteiger partial charge in [0.2, 0.25) is 5.91 Å². The summed E-state index contributed by atoms with van der Waals surface area (Å²) >= 11 is 0. The van der Waals surface area contributed by atoms with Gasteiger partial charge in [0.05, 0.1) is 11.6 Å². The average Bonchev–Trinajstić information content (AvgIpc) is 2.46. The number of hydrogen-bond donors (Lipinski definition) is 1. The van der Waals surface area contributed by atoms with Gasteiger partial charge >= 0.3 is 0 Å². The van der Waals surface area contributed by atoms with E-state index in [1.807, 2.05) is 6.92 Å². The maximum absolute atomic E-state index is 11.3. The van der Waals surface area contributed by atoms with E-state index in [9.17, 15) is 4.79 Å².